The zero-order valence-corrected chi connectivity index (χ0v) is 31.2. The molecule has 0 aromatic carbocycles. The molecule has 0 aliphatic rings. The van der Waals surface area contributed by atoms with Crippen molar-refractivity contribution in [3.05, 3.63) is 0 Å². The molecular formula is C36H74NO7P. The number of phosphoric ester groups is 1. The van der Waals surface area contributed by atoms with E-state index in [-0.39, 0.29) is 25.8 Å². The second-order valence-corrected chi connectivity index (χ2v) is 15.4. The molecule has 0 aromatic heterocycles. The van der Waals surface area contributed by atoms with Gasteiger partial charge in [0, 0.05) is 13.0 Å². The Hall–Kier alpha value is -0.500. The lowest BCUT2D eigenvalue weighted by molar-refractivity contribution is -0.870. The summed E-state index contributed by atoms with van der Waals surface area (Å²) in [6.45, 7) is 5.41. The topological polar surface area (TPSA) is 94.1 Å². The number of unbranched alkanes of at least 4 members (excludes halogenated alkanes) is 21. The van der Waals surface area contributed by atoms with Gasteiger partial charge in [0.2, 0.25) is 0 Å². The zero-order chi connectivity index (χ0) is 33.5. The van der Waals surface area contributed by atoms with E-state index in [0.29, 0.717) is 24.1 Å². The van der Waals surface area contributed by atoms with Gasteiger partial charge < -0.3 is 27.9 Å². The maximum Gasteiger partial charge on any atom is 0.306 e. The highest BCUT2D eigenvalue weighted by Gasteiger charge is 2.20. The molecule has 0 N–H and O–H groups in total. The first-order valence-electron chi connectivity index (χ1n) is 18.8. The molecule has 0 rings (SSSR count). The number of nitrogens with zero attached hydrogens (tertiary/aromatic N) is 1. The van der Waals surface area contributed by atoms with E-state index in [4.69, 9.17) is 18.5 Å². The number of hydrogen-bond acceptors (Lipinski definition) is 7. The van der Waals surface area contributed by atoms with E-state index in [1.807, 2.05) is 21.1 Å². The molecular weight excluding hydrogens is 589 g/mol. The maximum atomic E-state index is 12.6. The molecule has 0 fully saturated rings. The number of phosphoric acid groups is 1. The molecule has 0 bridgehead atoms. The van der Waals surface area contributed by atoms with Gasteiger partial charge in [-0.15, -0.1) is 0 Å². The minimum atomic E-state index is -4.50. The number of hydrogen-bond donors (Lipinski definition) is 0. The molecule has 8 nitrogen and oxygen atoms in total. The number of quaternary nitrogens is 1. The predicted octanol–water partition coefficient (Wildman–Crippen LogP) is 9.52. The van der Waals surface area contributed by atoms with Gasteiger partial charge in [0.25, 0.3) is 7.82 Å². The second kappa shape index (κ2) is 30.8. The fourth-order valence-corrected chi connectivity index (χ4v) is 5.92. The summed E-state index contributed by atoms with van der Waals surface area (Å²) >= 11 is 0. The summed E-state index contributed by atoms with van der Waals surface area (Å²) in [6, 6.07) is 0. The monoisotopic (exact) mass is 664 g/mol. The summed E-state index contributed by atoms with van der Waals surface area (Å²) < 4.78 is 34.3. The highest BCUT2D eigenvalue weighted by Crippen LogP contribution is 2.38. The molecule has 0 aliphatic carbocycles. The Bertz CT molecular complexity index is 701. The van der Waals surface area contributed by atoms with Gasteiger partial charge in [-0.3, -0.25) is 9.36 Å². The number of rotatable bonds is 35. The van der Waals surface area contributed by atoms with Gasteiger partial charge in [-0.2, -0.15) is 0 Å². The minimum Gasteiger partial charge on any atom is -0.756 e. The van der Waals surface area contributed by atoms with Crippen molar-refractivity contribution in [2.24, 2.45) is 0 Å². The van der Waals surface area contributed by atoms with Crippen molar-refractivity contribution in [2.75, 3.05) is 54.1 Å². The molecule has 0 heterocycles. The lowest BCUT2D eigenvalue weighted by atomic mass is 10.0. The van der Waals surface area contributed by atoms with Crippen LogP contribution >= 0.6 is 7.82 Å². The molecule has 0 saturated carbocycles. The Kier molecular flexibility index (Phi) is 30.5. The van der Waals surface area contributed by atoms with Crippen LogP contribution in [0.1, 0.15) is 168 Å². The van der Waals surface area contributed by atoms with Crippen molar-refractivity contribution in [3.8, 4) is 0 Å². The van der Waals surface area contributed by atoms with Crippen LogP contribution in [0, 0.1) is 0 Å². The number of likely N-dealkylation sites (N-methyl/N-ethyl adjacent to an activating group) is 1. The first-order chi connectivity index (χ1) is 21.6. The van der Waals surface area contributed by atoms with E-state index in [1.54, 1.807) is 0 Å². The van der Waals surface area contributed by atoms with Crippen molar-refractivity contribution in [2.45, 2.75) is 174 Å². The third-order valence-electron chi connectivity index (χ3n) is 8.16. The Labute approximate surface area is 278 Å². The number of esters is 1. The van der Waals surface area contributed by atoms with Crippen LogP contribution in [0.15, 0.2) is 0 Å². The standard InChI is InChI=1S/C36H74NO7P/c1-6-8-10-12-14-16-17-18-19-20-21-22-23-25-27-29-36(38)44-35(33-41-31-28-26-24-15-13-11-9-7-2)34-43-45(39,40)42-32-30-37(3,4)5/h35H,6-34H2,1-5H3. The predicted molar refractivity (Wildman–Crippen MR) is 185 cm³/mol. The van der Waals surface area contributed by atoms with Crippen molar-refractivity contribution < 1.29 is 37.3 Å². The van der Waals surface area contributed by atoms with Crippen molar-refractivity contribution in [3.63, 3.8) is 0 Å². The summed E-state index contributed by atoms with van der Waals surface area (Å²) in [5, 5.41) is 0. The molecule has 9 heteroatoms. The molecule has 0 amide bonds. The van der Waals surface area contributed by atoms with E-state index in [2.05, 4.69) is 13.8 Å². The molecule has 2 unspecified atom stereocenters. The van der Waals surface area contributed by atoms with Crippen LogP contribution in [0.25, 0.3) is 0 Å². The van der Waals surface area contributed by atoms with E-state index in [9.17, 15) is 14.3 Å². The van der Waals surface area contributed by atoms with Crippen LogP contribution < -0.4 is 4.89 Å². The maximum absolute atomic E-state index is 12.6. The third-order valence-corrected chi connectivity index (χ3v) is 9.12. The van der Waals surface area contributed by atoms with Gasteiger partial charge >= 0.3 is 5.97 Å². The highest BCUT2D eigenvalue weighted by molar-refractivity contribution is 7.45. The summed E-state index contributed by atoms with van der Waals surface area (Å²) in [6.07, 6.45) is 28.2. The fraction of sp³-hybridized carbons (Fsp3) is 0.972. The summed E-state index contributed by atoms with van der Waals surface area (Å²) in [5.74, 6) is -0.333. The first kappa shape index (κ1) is 44.5. The molecule has 0 aromatic rings. The van der Waals surface area contributed by atoms with Gasteiger partial charge in [0.15, 0.2) is 0 Å². The van der Waals surface area contributed by atoms with Crippen LogP contribution in [0.2, 0.25) is 0 Å². The molecule has 270 valence electrons. The summed E-state index contributed by atoms with van der Waals surface area (Å²) in [7, 11) is 1.37. The van der Waals surface area contributed by atoms with E-state index in [0.717, 1.165) is 32.1 Å². The van der Waals surface area contributed by atoms with Crippen molar-refractivity contribution >= 4 is 13.8 Å². The summed E-state index contributed by atoms with van der Waals surface area (Å²) in [5.41, 5.74) is 0. The number of carbonyl (C=O) groups excluding carboxylic acids is 1. The van der Waals surface area contributed by atoms with Gasteiger partial charge in [0.05, 0.1) is 34.4 Å². The molecule has 0 spiro atoms. The lowest BCUT2D eigenvalue weighted by Crippen LogP contribution is -2.37. The van der Waals surface area contributed by atoms with Gasteiger partial charge in [-0.25, -0.2) is 0 Å². The Morgan fingerprint density at radius 2 is 1.02 bits per heavy atom. The third kappa shape index (κ3) is 34.6. The zero-order valence-electron chi connectivity index (χ0n) is 30.3. The average molecular weight is 664 g/mol. The van der Waals surface area contributed by atoms with Gasteiger partial charge in [0.1, 0.15) is 19.3 Å². The lowest BCUT2D eigenvalue weighted by Gasteiger charge is -2.28. The van der Waals surface area contributed by atoms with Crippen LogP contribution in [0.5, 0.6) is 0 Å². The fourth-order valence-electron chi connectivity index (χ4n) is 5.19. The van der Waals surface area contributed by atoms with Crippen LogP contribution in [-0.2, 0) is 27.9 Å². The van der Waals surface area contributed by atoms with Crippen LogP contribution in [0.4, 0.5) is 0 Å². The van der Waals surface area contributed by atoms with E-state index in [1.165, 1.54) is 116 Å². The van der Waals surface area contributed by atoms with E-state index >= 15 is 0 Å². The second-order valence-electron chi connectivity index (χ2n) is 14.0. The average Bonchev–Trinajstić information content (AvgIpc) is 2.98. The quantitative estimate of drug-likeness (QED) is 0.0288. The Morgan fingerprint density at radius 3 is 1.47 bits per heavy atom. The minimum absolute atomic E-state index is 0.0306. The molecule has 45 heavy (non-hydrogen) atoms. The SMILES string of the molecule is CCCCCCCCCCCCCCCCCC(=O)OC(COCCCCCCCCCC)COP(=O)([O-])OCC[N+](C)(C)C. The Morgan fingerprint density at radius 1 is 0.600 bits per heavy atom. The molecule has 0 aliphatic heterocycles. The van der Waals surface area contributed by atoms with Crippen LogP contribution in [0.3, 0.4) is 0 Å². The van der Waals surface area contributed by atoms with Gasteiger partial charge in [-0.05, 0) is 12.8 Å². The highest BCUT2D eigenvalue weighted by atomic mass is 31.2. The summed E-state index contributed by atoms with van der Waals surface area (Å²) in [4.78, 5) is 24.8. The largest absolute Gasteiger partial charge is 0.756 e. The van der Waals surface area contributed by atoms with Gasteiger partial charge in [-0.1, -0.05) is 149 Å². The van der Waals surface area contributed by atoms with Crippen molar-refractivity contribution in [1.82, 2.24) is 0 Å². The number of carbonyl (C=O) groups is 1. The normalized spacial score (nSPS) is 14.0. The number of ether oxygens (including phenoxy) is 2. The molecule has 0 radical (unpaired) electrons. The first-order valence-corrected chi connectivity index (χ1v) is 20.2. The molecule has 0 saturated heterocycles. The van der Waals surface area contributed by atoms with E-state index < -0.39 is 13.9 Å². The smallest absolute Gasteiger partial charge is 0.306 e. The van der Waals surface area contributed by atoms with Crippen molar-refractivity contribution in [1.29, 1.82) is 0 Å². The van der Waals surface area contributed by atoms with Crippen LogP contribution in [-0.4, -0.2) is 70.7 Å². The Balaban J connectivity index is 4.22. The molecule has 2 atom stereocenters.